The summed E-state index contributed by atoms with van der Waals surface area (Å²) in [4.78, 5) is 23.7. The van der Waals surface area contributed by atoms with Crippen LogP contribution in [0.3, 0.4) is 0 Å². The average Bonchev–Trinajstić information content (AvgIpc) is 2.43. The molecule has 2 unspecified atom stereocenters. The Bertz CT molecular complexity index is 480. The first-order chi connectivity index (χ1) is 9.77. The molecule has 0 bridgehead atoms. The summed E-state index contributed by atoms with van der Waals surface area (Å²) in [5.74, 6) is -1.24. The lowest BCUT2D eigenvalue weighted by Gasteiger charge is -2.32. The fraction of sp³-hybridized carbons (Fsp3) is 0.500. The van der Waals surface area contributed by atoms with E-state index in [0.29, 0.717) is 0 Å². The van der Waals surface area contributed by atoms with Gasteiger partial charge in [0, 0.05) is 0 Å². The summed E-state index contributed by atoms with van der Waals surface area (Å²) < 4.78 is 4.77. The molecule has 5 heteroatoms. The van der Waals surface area contributed by atoms with Gasteiger partial charge in [-0.25, -0.2) is 4.79 Å². The van der Waals surface area contributed by atoms with Crippen molar-refractivity contribution in [3.05, 3.63) is 35.9 Å². The quantitative estimate of drug-likeness (QED) is 0.640. The van der Waals surface area contributed by atoms with Gasteiger partial charge in [0.15, 0.2) is 6.04 Å². The van der Waals surface area contributed by atoms with Crippen molar-refractivity contribution in [1.29, 1.82) is 0 Å². The van der Waals surface area contributed by atoms with Crippen LogP contribution in [0.15, 0.2) is 30.3 Å². The molecule has 5 nitrogen and oxygen atoms in total. The highest BCUT2D eigenvalue weighted by Gasteiger charge is 2.31. The minimum atomic E-state index is -1.31. The van der Waals surface area contributed by atoms with Crippen LogP contribution in [0.25, 0.3) is 0 Å². The number of nitrogens with two attached hydrogens (primary N) is 1. The molecule has 1 aromatic carbocycles. The maximum Gasteiger partial charge on any atom is 0.332 e. The summed E-state index contributed by atoms with van der Waals surface area (Å²) in [6.45, 7) is 7.91. The Kier molecular flexibility index (Phi) is 5.90. The third kappa shape index (κ3) is 4.86. The van der Waals surface area contributed by atoms with E-state index in [9.17, 15) is 9.59 Å². The van der Waals surface area contributed by atoms with Crippen LogP contribution in [-0.2, 0) is 14.3 Å². The molecule has 0 aromatic heterocycles. The van der Waals surface area contributed by atoms with E-state index in [-0.39, 0.29) is 18.1 Å². The lowest BCUT2D eigenvalue weighted by atomic mass is 9.82. The minimum absolute atomic E-state index is 0.196. The molecule has 0 saturated carbocycles. The number of nitrogens with one attached hydrogen (secondary N) is 1. The smallest absolute Gasteiger partial charge is 0.332 e. The number of benzene rings is 1. The van der Waals surface area contributed by atoms with E-state index in [4.69, 9.17) is 10.5 Å². The summed E-state index contributed by atoms with van der Waals surface area (Å²) in [7, 11) is 0. The van der Waals surface area contributed by atoms with Gasteiger partial charge >= 0.3 is 5.97 Å². The van der Waals surface area contributed by atoms with E-state index in [1.54, 1.807) is 6.92 Å². The monoisotopic (exact) mass is 292 g/mol. The van der Waals surface area contributed by atoms with Gasteiger partial charge in [-0.05, 0) is 17.9 Å². The molecule has 0 radical (unpaired) electrons. The fourth-order valence-electron chi connectivity index (χ4n) is 2.02. The molecule has 2 atom stereocenters. The number of carbonyl (C=O) groups excluding carboxylic acids is 2. The Balaban J connectivity index is 2.88. The summed E-state index contributed by atoms with van der Waals surface area (Å²) >= 11 is 0. The van der Waals surface area contributed by atoms with Crippen molar-refractivity contribution in [3.63, 3.8) is 0 Å². The van der Waals surface area contributed by atoms with Crippen LogP contribution in [-0.4, -0.2) is 24.5 Å². The number of amides is 1. The van der Waals surface area contributed by atoms with Crippen molar-refractivity contribution >= 4 is 11.9 Å². The molecule has 21 heavy (non-hydrogen) atoms. The second-order valence-electron chi connectivity index (χ2n) is 5.95. The van der Waals surface area contributed by atoms with Gasteiger partial charge in [0.2, 0.25) is 5.91 Å². The molecule has 0 aliphatic heterocycles. The summed E-state index contributed by atoms with van der Waals surface area (Å²) in [6, 6.07) is 8.05. The molecule has 1 amide bonds. The molecule has 0 saturated heterocycles. The lowest BCUT2D eigenvalue weighted by Crippen LogP contribution is -2.49. The Morgan fingerprint density at radius 3 is 2.29 bits per heavy atom. The summed E-state index contributed by atoms with van der Waals surface area (Å²) in [5.41, 5.74) is 6.38. The maximum absolute atomic E-state index is 12.2. The maximum atomic E-state index is 12.2. The van der Waals surface area contributed by atoms with Crippen LogP contribution in [0, 0.1) is 5.41 Å². The van der Waals surface area contributed by atoms with Gasteiger partial charge < -0.3 is 15.8 Å². The van der Waals surface area contributed by atoms with Gasteiger partial charge in [0.25, 0.3) is 0 Å². The van der Waals surface area contributed by atoms with E-state index in [1.807, 2.05) is 51.1 Å². The van der Waals surface area contributed by atoms with Crippen molar-refractivity contribution in [2.24, 2.45) is 11.1 Å². The van der Waals surface area contributed by atoms with E-state index < -0.39 is 17.9 Å². The predicted molar refractivity (Wildman–Crippen MR) is 81.4 cm³/mol. The van der Waals surface area contributed by atoms with Crippen LogP contribution in [0.1, 0.15) is 39.3 Å². The van der Waals surface area contributed by atoms with Crippen LogP contribution < -0.4 is 11.1 Å². The SMILES string of the molecule is CCOC(=O)C(N)C(=O)NC(c1ccccc1)C(C)(C)C. The zero-order valence-corrected chi connectivity index (χ0v) is 13.1. The zero-order chi connectivity index (χ0) is 16.0. The molecule has 0 aliphatic carbocycles. The number of hydrogen-bond acceptors (Lipinski definition) is 4. The molecule has 3 N–H and O–H groups in total. The fourth-order valence-corrected chi connectivity index (χ4v) is 2.02. The molecular weight excluding hydrogens is 268 g/mol. The Labute approximate surface area is 125 Å². The average molecular weight is 292 g/mol. The third-order valence-electron chi connectivity index (χ3n) is 3.11. The van der Waals surface area contributed by atoms with Crippen molar-refractivity contribution in [3.8, 4) is 0 Å². The van der Waals surface area contributed by atoms with Crippen LogP contribution in [0.2, 0.25) is 0 Å². The Morgan fingerprint density at radius 2 is 1.81 bits per heavy atom. The third-order valence-corrected chi connectivity index (χ3v) is 3.11. The number of ether oxygens (including phenoxy) is 1. The van der Waals surface area contributed by atoms with E-state index in [0.717, 1.165) is 5.56 Å². The van der Waals surface area contributed by atoms with Gasteiger partial charge in [-0.1, -0.05) is 51.1 Å². The van der Waals surface area contributed by atoms with E-state index in [1.165, 1.54) is 0 Å². The van der Waals surface area contributed by atoms with E-state index >= 15 is 0 Å². The molecule has 0 aliphatic rings. The van der Waals surface area contributed by atoms with Gasteiger partial charge in [0.05, 0.1) is 12.6 Å². The number of hydrogen-bond donors (Lipinski definition) is 2. The topological polar surface area (TPSA) is 81.4 Å². The minimum Gasteiger partial charge on any atom is -0.464 e. The first kappa shape index (κ1) is 17.2. The highest BCUT2D eigenvalue weighted by Crippen LogP contribution is 2.32. The molecule has 1 aromatic rings. The van der Waals surface area contributed by atoms with Gasteiger partial charge in [-0.3, -0.25) is 4.79 Å². The molecule has 0 fully saturated rings. The first-order valence-electron chi connectivity index (χ1n) is 7.05. The van der Waals surface area contributed by atoms with E-state index in [2.05, 4.69) is 5.32 Å². The Morgan fingerprint density at radius 1 is 1.24 bits per heavy atom. The van der Waals surface area contributed by atoms with Crippen molar-refractivity contribution in [1.82, 2.24) is 5.32 Å². The number of esters is 1. The normalized spacial score (nSPS) is 14.1. The summed E-state index contributed by atoms with van der Waals surface area (Å²) in [6.07, 6.45) is 0. The lowest BCUT2D eigenvalue weighted by molar-refractivity contribution is -0.148. The molecular formula is C16H24N2O3. The molecule has 1 rings (SSSR count). The zero-order valence-electron chi connectivity index (χ0n) is 13.1. The number of rotatable bonds is 5. The predicted octanol–water partition coefficient (Wildman–Crippen LogP) is 1.78. The van der Waals surface area contributed by atoms with Gasteiger partial charge in [-0.15, -0.1) is 0 Å². The Hall–Kier alpha value is -1.88. The molecule has 0 spiro atoms. The highest BCUT2D eigenvalue weighted by atomic mass is 16.5. The van der Waals surface area contributed by atoms with Crippen molar-refractivity contribution in [2.75, 3.05) is 6.61 Å². The molecule has 0 heterocycles. The van der Waals surface area contributed by atoms with Crippen LogP contribution >= 0.6 is 0 Å². The second-order valence-corrected chi connectivity index (χ2v) is 5.95. The number of carbonyl (C=O) groups is 2. The van der Waals surface area contributed by atoms with Crippen LogP contribution in [0.5, 0.6) is 0 Å². The van der Waals surface area contributed by atoms with Crippen molar-refractivity contribution in [2.45, 2.75) is 39.8 Å². The summed E-state index contributed by atoms with van der Waals surface area (Å²) in [5, 5.41) is 2.85. The first-order valence-corrected chi connectivity index (χ1v) is 7.05. The second kappa shape index (κ2) is 7.22. The molecule has 116 valence electrons. The van der Waals surface area contributed by atoms with Gasteiger partial charge in [0.1, 0.15) is 0 Å². The largest absolute Gasteiger partial charge is 0.464 e. The highest BCUT2D eigenvalue weighted by molar-refractivity contribution is 6.01. The standard InChI is InChI=1S/C16H24N2O3/c1-5-21-15(20)12(17)14(19)18-13(16(2,3)4)11-9-7-6-8-10-11/h6-10,12-13H,5,17H2,1-4H3,(H,18,19). The van der Waals surface area contributed by atoms with Crippen LogP contribution in [0.4, 0.5) is 0 Å². The van der Waals surface area contributed by atoms with Gasteiger partial charge in [-0.2, -0.15) is 0 Å². The van der Waals surface area contributed by atoms with Crippen molar-refractivity contribution < 1.29 is 14.3 Å².